The predicted octanol–water partition coefficient (Wildman–Crippen LogP) is 4.17. The van der Waals surface area contributed by atoms with Crippen molar-refractivity contribution in [1.29, 1.82) is 0 Å². The molecule has 2 aromatic rings. The van der Waals surface area contributed by atoms with Crippen LogP contribution < -0.4 is 10.1 Å². The Kier molecular flexibility index (Phi) is 7.24. The maximum absolute atomic E-state index is 12.4. The molecule has 0 radical (unpaired) electrons. The molecule has 1 amide bonds. The molecule has 0 aliphatic carbocycles. The smallest absolute Gasteiger partial charge is 0.258 e. The first-order valence-corrected chi connectivity index (χ1v) is 11.3. The maximum atomic E-state index is 12.4. The summed E-state index contributed by atoms with van der Waals surface area (Å²) in [6, 6.07) is 12.4. The summed E-state index contributed by atoms with van der Waals surface area (Å²) in [6.45, 7) is 8.06. The van der Waals surface area contributed by atoms with Crippen LogP contribution in [-0.2, 0) is 14.6 Å². The number of nitrogens with one attached hydrogen (secondary N) is 1. The monoisotopic (exact) mass is 403 g/mol. The average molecular weight is 404 g/mol. The lowest BCUT2D eigenvalue weighted by Gasteiger charge is -2.19. The molecule has 28 heavy (non-hydrogen) atoms. The highest BCUT2D eigenvalue weighted by Gasteiger charge is 2.16. The Morgan fingerprint density at radius 3 is 2.29 bits per heavy atom. The van der Waals surface area contributed by atoms with Crippen molar-refractivity contribution < 1.29 is 17.9 Å². The van der Waals surface area contributed by atoms with Gasteiger partial charge in [-0.1, -0.05) is 45.0 Å². The van der Waals surface area contributed by atoms with Crippen molar-refractivity contribution in [3.8, 4) is 5.75 Å². The van der Waals surface area contributed by atoms with Gasteiger partial charge in [0.25, 0.3) is 5.91 Å². The minimum absolute atomic E-state index is 0.0684. The molecule has 2 aromatic carbocycles. The van der Waals surface area contributed by atoms with Crippen molar-refractivity contribution in [2.24, 2.45) is 0 Å². The molecule has 0 unspecified atom stereocenters. The number of sulfone groups is 1. The fourth-order valence-corrected chi connectivity index (χ4v) is 3.62. The molecule has 152 valence electrons. The fourth-order valence-electron chi connectivity index (χ4n) is 2.99. The first-order chi connectivity index (χ1) is 13.1. The van der Waals surface area contributed by atoms with E-state index in [9.17, 15) is 13.2 Å². The Hall–Kier alpha value is -2.34. The van der Waals surface area contributed by atoms with Gasteiger partial charge in [0.15, 0.2) is 16.4 Å². The molecule has 0 bridgehead atoms. The number of hydrogen-bond donors (Lipinski definition) is 1. The maximum Gasteiger partial charge on any atom is 0.258 e. The zero-order valence-corrected chi connectivity index (χ0v) is 18.0. The summed E-state index contributed by atoms with van der Waals surface area (Å²) in [5, 5.41) is 2.96. The van der Waals surface area contributed by atoms with Gasteiger partial charge in [0.05, 0.1) is 10.9 Å². The van der Waals surface area contributed by atoms with E-state index in [1.807, 2.05) is 32.0 Å². The van der Waals surface area contributed by atoms with Crippen LogP contribution in [0.15, 0.2) is 47.4 Å². The summed E-state index contributed by atoms with van der Waals surface area (Å²) < 4.78 is 29.0. The Morgan fingerprint density at radius 2 is 1.75 bits per heavy atom. The molecule has 1 N–H and O–H groups in total. The predicted molar refractivity (Wildman–Crippen MR) is 111 cm³/mol. The van der Waals surface area contributed by atoms with Gasteiger partial charge in [-0.3, -0.25) is 4.79 Å². The van der Waals surface area contributed by atoms with Gasteiger partial charge in [-0.25, -0.2) is 8.42 Å². The first-order valence-electron chi connectivity index (χ1n) is 9.44. The second kappa shape index (κ2) is 9.24. The van der Waals surface area contributed by atoms with Crippen LogP contribution in [0.4, 0.5) is 0 Å². The SMILES string of the molecule is CC[C@@H](NC(=O)COc1cc(C)ccc1C(C)C)c1ccc(S(C)(=O)=O)cc1. The average Bonchev–Trinajstić information content (AvgIpc) is 2.63. The minimum atomic E-state index is -3.24. The number of amides is 1. The lowest BCUT2D eigenvalue weighted by Crippen LogP contribution is -2.32. The van der Waals surface area contributed by atoms with Crippen LogP contribution in [0, 0.1) is 6.92 Å². The zero-order chi connectivity index (χ0) is 20.9. The number of carbonyl (C=O) groups excluding carboxylic acids is 1. The van der Waals surface area contributed by atoms with Crippen LogP contribution in [0.1, 0.15) is 55.8 Å². The van der Waals surface area contributed by atoms with Gasteiger partial charge in [0.1, 0.15) is 5.75 Å². The van der Waals surface area contributed by atoms with E-state index in [1.165, 1.54) is 6.26 Å². The van der Waals surface area contributed by atoms with Crippen molar-refractivity contribution >= 4 is 15.7 Å². The molecule has 2 rings (SSSR count). The van der Waals surface area contributed by atoms with E-state index < -0.39 is 9.84 Å². The molecule has 0 saturated heterocycles. The summed E-state index contributed by atoms with van der Waals surface area (Å²) in [6.07, 6.45) is 1.86. The zero-order valence-electron chi connectivity index (χ0n) is 17.2. The number of hydrogen-bond acceptors (Lipinski definition) is 4. The number of benzene rings is 2. The van der Waals surface area contributed by atoms with Gasteiger partial charge >= 0.3 is 0 Å². The van der Waals surface area contributed by atoms with E-state index in [1.54, 1.807) is 24.3 Å². The van der Waals surface area contributed by atoms with E-state index in [0.29, 0.717) is 12.3 Å². The molecule has 0 saturated carbocycles. The van der Waals surface area contributed by atoms with E-state index in [4.69, 9.17) is 4.74 Å². The Morgan fingerprint density at radius 1 is 1.11 bits per heavy atom. The van der Waals surface area contributed by atoms with E-state index in [-0.39, 0.29) is 23.5 Å². The lowest BCUT2D eigenvalue weighted by atomic mass is 10.0. The van der Waals surface area contributed by atoms with Crippen molar-refractivity contribution in [2.45, 2.75) is 51.0 Å². The van der Waals surface area contributed by atoms with E-state index >= 15 is 0 Å². The Balaban J connectivity index is 2.04. The third-order valence-electron chi connectivity index (χ3n) is 4.60. The normalized spacial score (nSPS) is 12.6. The summed E-state index contributed by atoms with van der Waals surface area (Å²) in [5.41, 5.74) is 3.01. The molecule has 6 heteroatoms. The molecule has 0 aliphatic heterocycles. The third kappa shape index (κ3) is 5.83. The lowest BCUT2D eigenvalue weighted by molar-refractivity contribution is -0.123. The van der Waals surface area contributed by atoms with Gasteiger partial charge < -0.3 is 10.1 Å². The van der Waals surface area contributed by atoms with Crippen LogP contribution in [0.5, 0.6) is 5.75 Å². The molecule has 0 aliphatic rings. The van der Waals surface area contributed by atoms with Crippen LogP contribution in [0.2, 0.25) is 0 Å². The molecule has 0 aromatic heterocycles. The summed E-state index contributed by atoms with van der Waals surface area (Å²) in [4.78, 5) is 12.7. The standard InChI is InChI=1S/C22H29NO4S/c1-6-20(17-8-10-18(11-9-17)28(5,25)26)23-22(24)14-27-21-13-16(4)7-12-19(21)15(2)3/h7-13,15,20H,6,14H2,1-5H3,(H,23,24)/t20-/m1/s1. The van der Waals surface area contributed by atoms with Gasteiger partial charge in [0, 0.05) is 6.26 Å². The Bertz CT molecular complexity index is 918. The summed E-state index contributed by atoms with van der Waals surface area (Å²) >= 11 is 0. The largest absolute Gasteiger partial charge is 0.483 e. The van der Waals surface area contributed by atoms with Gasteiger partial charge in [-0.15, -0.1) is 0 Å². The molecule has 0 heterocycles. The Labute approximate surface area is 168 Å². The van der Waals surface area contributed by atoms with E-state index in [2.05, 4.69) is 19.2 Å². The molecule has 1 atom stereocenters. The number of rotatable bonds is 8. The number of aryl methyl sites for hydroxylation is 1. The third-order valence-corrected chi connectivity index (χ3v) is 5.73. The molecular formula is C22H29NO4S. The number of ether oxygens (including phenoxy) is 1. The molecule has 0 fully saturated rings. The van der Waals surface area contributed by atoms with Gasteiger partial charge in [0.2, 0.25) is 0 Å². The molecule has 5 nitrogen and oxygen atoms in total. The minimum Gasteiger partial charge on any atom is -0.483 e. The fraction of sp³-hybridized carbons (Fsp3) is 0.409. The highest BCUT2D eigenvalue weighted by Crippen LogP contribution is 2.27. The van der Waals surface area contributed by atoms with Crippen LogP contribution in [0.25, 0.3) is 0 Å². The van der Waals surface area contributed by atoms with E-state index in [0.717, 1.165) is 22.4 Å². The number of carbonyl (C=O) groups is 1. The first kappa shape index (κ1) is 22.0. The molecule has 0 spiro atoms. The van der Waals surface area contributed by atoms with Crippen molar-refractivity contribution in [2.75, 3.05) is 12.9 Å². The second-order valence-electron chi connectivity index (χ2n) is 7.35. The van der Waals surface area contributed by atoms with Gasteiger partial charge in [-0.05, 0) is 54.2 Å². The van der Waals surface area contributed by atoms with Crippen LogP contribution in [0.3, 0.4) is 0 Å². The summed E-state index contributed by atoms with van der Waals surface area (Å²) in [5.74, 6) is 0.821. The van der Waals surface area contributed by atoms with Crippen molar-refractivity contribution in [3.05, 3.63) is 59.2 Å². The quantitative estimate of drug-likeness (QED) is 0.718. The van der Waals surface area contributed by atoms with Crippen molar-refractivity contribution in [3.63, 3.8) is 0 Å². The highest BCUT2D eigenvalue weighted by molar-refractivity contribution is 7.90. The topological polar surface area (TPSA) is 72.5 Å². The molecular weight excluding hydrogens is 374 g/mol. The highest BCUT2D eigenvalue weighted by atomic mass is 32.2. The van der Waals surface area contributed by atoms with Crippen molar-refractivity contribution in [1.82, 2.24) is 5.32 Å². The van der Waals surface area contributed by atoms with Gasteiger partial charge in [-0.2, -0.15) is 0 Å². The second-order valence-corrected chi connectivity index (χ2v) is 9.37. The van der Waals surface area contributed by atoms with Crippen LogP contribution in [-0.4, -0.2) is 27.2 Å². The summed E-state index contributed by atoms with van der Waals surface area (Å²) in [7, 11) is -3.24. The van der Waals surface area contributed by atoms with Crippen LogP contribution >= 0.6 is 0 Å².